The van der Waals surface area contributed by atoms with Crippen LogP contribution in [0, 0.1) is 0 Å². The molecule has 8 heteroatoms. The van der Waals surface area contributed by atoms with E-state index in [1.807, 2.05) is 69.8 Å². The molecule has 0 aromatic carbocycles. The van der Waals surface area contributed by atoms with Gasteiger partial charge in [0.2, 0.25) is 0 Å². The first-order valence-corrected chi connectivity index (χ1v) is 20.6. The molecule has 312 valence electrons. The van der Waals surface area contributed by atoms with Crippen LogP contribution in [0.25, 0.3) is 0 Å². The fourth-order valence-electron chi connectivity index (χ4n) is 5.09. The van der Waals surface area contributed by atoms with Crippen molar-refractivity contribution in [3.05, 3.63) is 122 Å². The number of quaternary nitrogens is 1. The van der Waals surface area contributed by atoms with Crippen LogP contribution in [0.5, 0.6) is 0 Å². The summed E-state index contributed by atoms with van der Waals surface area (Å²) in [5.41, 5.74) is 0. The highest BCUT2D eigenvalue weighted by molar-refractivity contribution is 5.72. The molecule has 56 heavy (non-hydrogen) atoms. The minimum Gasteiger partial charge on any atom is -0.477 e. The van der Waals surface area contributed by atoms with E-state index in [-0.39, 0.29) is 49.1 Å². The van der Waals surface area contributed by atoms with Gasteiger partial charge in [0.1, 0.15) is 6.61 Å². The standard InChI is InChI=1S/C48H73NO7/c1-6-8-10-12-14-16-18-20-22-23-25-26-28-30-32-34-36-38-46(50)55-43-44(42-54-41-40-45(48(52)53)49(3,4)5)56-47(51)39-37-35-33-31-29-27-24-21-19-17-15-13-11-9-7-2/h8-11,13-17,19-22,24-27,29-30,32,44-45H,6-7,12,18,23,28,31,33-43H2,1-5H3/p+1/b10-8+,11-9+,15-13+,16-14+,19-17+,22-20+,24-21+,26-25+,29-27+,32-30+. The molecule has 0 saturated heterocycles. The largest absolute Gasteiger partial charge is 0.477 e. The number of carboxylic acid groups (broad SMARTS) is 1. The minimum atomic E-state index is -0.897. The molecule has 0 heterocycles. The lowest BCUT2D eigenvalue weighted by Gasteiger charge is -2.31. The number of carboxylic acids is 1. The van der Waals surface area contributed by atoms with Crippen molar-refractivity contribution in [3.8, 4) is 0 Å². The molecule has 0 fully saturated rings. The van der Waals surface area contributed by atoms with Crippen molar-refractivity contribution in [1.29, 1.82) is 0 Å². The van der Waals surface area contributed by atoms with Crippen LogP contribution in [-0.2, 0) is 28.6 Å². The average molecular weight is 777 g/mol. The van der Waals surface area contributed by atoms with E-state index in [1.165, 1.54) is 0 Å². The lowest BCUT2D eigenvalue weighted by atomic mass is 10.1. The summed E-state index contributed by atoms with van der Waals surface area (Å²) < 4.78 is 17.1. The molecule has 0 bridgehead atoms. The molecule has 0 aromatic heterocycles. The molecule has 0 aromatic rings. The topological polar surface area (TPSA) is 99.1 Å². The van der Waals surface area contributed by atoms with Crippen molar-refractivity contribution >= 4 is 17.9 Å². The van der Waals surface area contributed by atoms with Crippen LogP contribution in [0.4, 0.5) is 0 Å². The summed E-state index contributed by atoms with van der Waals surface area (Å²) in [6, 6.07) is -0.639. The molecular weight excluding hydrogens is 703 g/mol. The monoisotopic (exact) mass is 777 g/mol. The quantitative estimate of drug-likeness (QED) is 0.0228. The number of hydrogen-bond acceptors (Lipinski definition) is 6. The second-order valence-electron chi connectivity index (χ2n) is 14.2. The maximum Gasteiger partial charge on any atom is 0.362 e. The normalized spacial score (nSPS) is 14.2. The van der Waals surface area contributed by atoms with Crippen molar-refractivity contribution < 1.29 is 38.2 Å². The van der Waals surface area contributed by atoms with Gasteiger partial charge in [-0.2, -0.15) is 0 Å². The van der Waals surface area contributed by atoms with E-state index in [9.17, 15) is 19.5 Å². The van der Waals surface area contributed by atoms with Crippen molar-refractivity contribution in [1.82, 2.24) is 0 Å². The van der Waals surface area contributed by atoms with Crippen molar-refractivity contribution in [2.75, 3.05) is 41.0 Å². The zero-order valence-corrected chi connectivity index (χ0v) is 35.3. The van der Waals surface area contributed by atoms with E-state index in [1.54, 1.807) is 0 Å². The highest BCUT2D eigenvalue weighted by Gasteiger charge is 2.31. The number of allylic oxidation sites excluding steroid dienone is 20. The van der Waals surface area contributed by atoms with Gasteiger partial charge in [-0.05, 0) is 70.6 Å². The number of rotatable bonds is 34. The fourth-order valence-corrected chi connectivity index (χ4v) is 5.09. The minimum absolute atomic E-state index is 0.0161. The summed E-state index contributed by atoms with van der Waals surface area (Å²) in [6.07, 6.45) is 52.5. The lowest BCUT2D eigenvalue weighted by molar-refractivity contribution is -0.887. The predicted molar refractivity (Wildman–Crippen MR) is 233 cm³/mol. The van der Waals surface area contributed by atoms with Crippen LogP contribution in [0.2, 0.25) is 0 Å². The van der Waals surface area contributed by atoms with Gasteiger partial charge in [0.15, 0.2) is 12.1 Å². The smallest absolute Gasteiger partial charge is 0.362 e. The van der Waals surface area contributed by atoms with Gasteiger partial charge in [-0.1, -0.05) is 142 Å². The zero-order valence-electron chi connectivity index (χ0n) is 35.3. The fraction of sp³-hybridized carbons (Fsp3) is 0.521. The molecule has 2 atom stereocenters. The van der Waals surface area contributed by atoms with E-state index in [0.29, 0.717) is 19.3 Å². The van der Waals surface area contributed by atoms with Crippen molar-refractivity contribution in [2.45, 2.75) is 122 Å². The van der Waals surface area contributed by atoms with Crippen LogP contribution in [-0.4, -0.2) is 80.6 Å². The molecule has 0 saturated carbocycles. The first kappa shape index (κ1) is 51.7. The highest BCUT2D eigenvalue weighted by Crippen LogP contribution is 2.11. The summed E-state index contributed by atoms with van der Waals surface area (Å²) in [4.78, 5) is 36.9. The average Bonchev–Trinajstić information content (AvgIpc) is 3.15. The van der Waals surface area contributed by atoms with Gasteiger partial charge in [0.25, 0.3) is 0 Å². The van der Waals surface area contributed by atoms with Crippen LogP contribution in [0.1, 0.15) is 110 Å². The number of carbonyl (C=O) groups excluding carboxylic acids is 2. The van der Waals surface area contributed by atoms with Gasteiger partial charge >= 0.3 is 17.9 Å². The molecule has 0 aliphatic rings. The molecule has 0 rings (SSSR count). The maximum atomic E-state index is 12.7. The number of aliphatic carboxylic acids is 1. The third-order valence-corrected chi connectivity index (χ3v) is 8.23. The molecule has 2 unspecified atom stereocenters. The first-order valence-electron chi connectivity index (χ1n) is 20.6. The summed E-state index contributed by atoms with van der Waals surface area (Å²) in [5.74, 6) is -1.62. The van der Waals surface area contributed by atoms with Gasteiger partial charge in [0, 0.05) is 19.3 Å². The molecule has 0 aliphatic carbocycles. The molecular formula is C48H74NO7+. The Bertz CT molecular complexity index is 1320. The summed E-state index contributed by atoms with van der Waals surface area (Å²) >= 11 is 0. The number of esters is 2. The Morgan fingerprint density at radius 2 is 1.05 bits per heavy atom. The van der Waals surface area contributed by atoms with Crippen LogP contribution >= 0.6 is 0 Å². The molecule has 1 N–H and O–H groups in total. The third-order valence-electron chi connectivity index (χ3n) is 8.23. The van der Waals surface area contributed by atoms with Crippen LogP contribution in [0.3, 0.4) is 0 Å². The Hall–Kier alpha value is -4.27. The van der Waals surface area contributed by atoms with E-state index < -0.39 is 18.1 Å². The predicted octanol–water partition coefficient (Wildman–Crippen LogP) is 11.1. The molecule has 0 aliphatic heterocycles. The van der Waals surface area contributed by atoms with Gasteiger partial charge in [-0.15, -0.1) is 0 Å². The van der Waals surface area contributed by atoms with Gasteiger partial charge < -0.3 is 23.8 Å². The summed E-state index contributed by atoms with van der Waals surface area (Å²) in [7, 11) is 5.47. The number of carbonyl (C=O) groups is 3. The number of likely N-dealkylation sites (N-methyl/N-ethyl adjacent to an activating group) is 1. The van der Waals surface area contributed by atoms with Crippen LogP contribution < -0.4 is 0 Å². The van der Waals surface area contributed by atoms with Crippen molar-refractivity contribution in [2.24, 2.45) is 0 Å². The van der Waals surface area contributed by atoms with Crippen LogP contribution in [0.15, 0.2) is 122 Å². The molecule has 8 nitrogen and oxygen atoms in total. The highest BCUT2D eigenvalue weighted by atomic mass is 16.6. The Morgan fingerprint density at radius 1 is 0.554 bits per heavy atom. The maximum absolute atomic E-state index is 12.7. The van der Waals surface area contributed by atoms with Gasteiger partial charge in [0.05, 0.1) is 34.4 Å². The van der Waals surface area contributed by atoms with Gasteiger partial charge in [-0.3, -0.25) is 9.59 Å². The number of hydrogen-bond donors (Lipinski definition) is 1. The second-order valence-corrected chi connectivity index (χ2v) is 14.2. The third kappa shape index (κ3) is 35.4. The number of unbranched alkanes of at least 4 members (excludes halogenated alkanes) is 4. The molecule has 0 radical (unpaired) electrons. The Labute approximate surface area is 340 Å². The van der Waals surface area contributed by atoms with E-state index in [0.717, 1.165) is 64.2 Å². The van der Waals surface area contributed by atoms with E-state index >= 15 is 0 Å². The van der Waals surface area contributed by atoms with E-state index in [4.69, 9.17) is 14.2 Å². The summed E-state index contributed by atoms with van der Waals surface area (Å²) in [5, 5.41) is 9.60. The Balaban J connectivity index is 4.59. The Morgan fingerprint density at radius 3 is 1.61 bits per heavy atom. The SMILES string of the molecule is CC/C=C/C=C/C=C/C=C/C=C/CCCCCC(=O)OC(COCCC(C(=O)O)[N+](C)(C)C)COC(=O)CCC/C=C/C/C=C/C/C=C/C/C=C/C/C=C/CC. The number of ether oxygens (including phenoxy) is 3. The second kappa shape index (κ2) is 37.6. The summed E-state index contributed by atoms with van der Waals surface area (Å²) in [6.45, 7) is 4.33. The first-order chi connectivity index (χ1) is 27.1. The number of nitrogens with zero attached hydrogens (tertiary/aromatic N) is 1. The molecule has 0 amide bonds. The van der Waals surface area contributed by atoms with E-state index in [2.05, 4.69) is 86.8 Å². The van der Waals surface area contributed by atoms with Gasteiger partial charge in [-0.25, -0.2) is 4.79 Å². The van der Waals surface area contributed by atoms with Crippen molar-refractivity contribution in [3.63, 3.8) is 0 Å². The molecule has 0 spiro atoms. The zero-order chi connectivity index (χ0) is 41.4. The lowest BCUT2D eigenvalue weighted by Crippen LogP contribution is -2.50. The Kier molecular flexibility index (Phi) is 34.8.